The summed E-state index contributed by atoms with van der Waals surface area (Å²) in [5.74, 6) is -1.14. The number of likely N-dealkylation sites (N-methyl/N-ethyl adjacent to an activating group) is 1. The van der Waals surface area contributed by atoms with Crippen molar-refractivity contribution in [1.82, 2.24) is 9.97 Å². The molecule has 0 radical (unpaired) electrons. The summed E-state index contributed by atoms with van der Waals surface area (Å²) in [6.07, 6.45) is 6.38. The first-order valence-corrected chi connectivity index (χ1v) is 13.6. The van der Waals surface area contributed by atoms with Crippen LogP contribution in [0, 0.1) is 17.0 Å². The van der Waals surface area contributed by atoms with Crippen LogP contribution in [-0.2, 0) is 20.8 Å². The second kappa shape index (κ2) is 10.6. The fourth-order valence-corrected chi connectivity index (χ4v) is 6.30. The number of aromatic nitrogens is 2. The predicted octanol–water partition coefficient (Wildman–Crippen LogP) is 5.16. The minimum Gasteiger partial charge on any atom is -0.481 e. The predicted molar refractivity (Wildman–Crippen MR) is 144 cm³/mol. The summed E-state index contributed by atoms with van der Waals surface area (Å²) < 4.78 is 15.3. The first-order valence-electron chi connectivity index (χ1n) is 12.7. The van der Waals surface area contributed by atoms with Gasteiger partial charge in [0.15, 0.2) is 5.13 Å². The van der Waals surface area contributed by atoms with Crippen LogP contribution in [-0.4, -0.2) is 47.0 Å². The fourth-order valence-electron chi connectivity index (χ4n) is 5.52. The van der Waals surface area contributed by atoms with Gasteiger partial charge in [-0.2, -0.15) is 4.39 Å². The van der Waals surface area contributed by atoms with Crippen molar-refractivity contribution < 1.29 is 23.9 Å². The highest BCUT2D eigenvalue weighted by molar-refractivity contribution is 7.14. The number of halogens is 1. The second-order valence-electron chi connectivity index (χ2n) is 10.1. The summed E-state index contributed by atoms with van der Waals surface area (Å²) in [5.41, 5.74) is 2.90. The van der Waals surface area contributed by atoms with Gasteiger partial charge in [0.05, 0.1) is 12.8 Å². The SMILES string of the molecule is CN(C(=O)C(CC(=O)O)CC1CCCC1)c1nc(-c2ccccc2-c2cnc3c(c2)CC(=O)N3C)c(F)s1. The summed E-state index contributed by atoms with van der Waals surface area (Å²) in [4.78, 5) is 48.7. The average Bonchev–Trinajstić information content (AvgIpc) is 3.62. The van der Waals surface area contributed by atoms with E-state index in [1.54, 1.807) is 25.4 Å². The summed E-state index contributed by atoms with van der Waals surface area (Å²) in [7, 11) is 3.21. The number of pyridine rings is 1. The van der Waals surface area contributed by atoms with E-state index < -0.39 is 17.0 Å². The summed E-state index contributed by atoms with van der Waals surface area (Å²) in [6.45, 7) is 0. The Labute approximate surface area is 224 Å². The molecule has 0 spiro atoms. The molecule has 1 saturated carbocycles. The van der Waals surface area contributed by atoms with Crippen molar-refractivity contribution in [1.29, 1.82) is 0 Å². The maximum atomic E-state index is 15.3. The first-order chi connectivity index (χ1) is 18.2. The second-order valence-corrected chi connectivity index (χ2v) is 11.0. The largest absolute Gasteiger partial charge is 0.481 e. The molecule has 1 N–H and O–H groups in total. The molecule has 5 rings (SSSR count). The molecule has 1 atom stereocenters. The Balaban J connectivity index is 1.44. The number of hydrogen-bond acceptors (Lipinski definition) is 6. The van der Waals surface area contributed by atoms with Crippen LogP contribution in [0.4, 0.5) is 15.3 Å². The number of anilines is 2. The van der Waals surface area contributed by atoms with E-state index in [2.05, 4.69) is 9.97 Å². The molecule has 1 aliphatic heterocycles. The van der Waals surface area contributed by atoms with Gasteiger partial charge < -0.3 is 5.11 Å². The molecule has 198 valence electrons. The zero-order valence-corrected chi connectivity index (χ0v) is 22.1. The van der Waals surface area contributed by atoms with Crippen molar-refractivity contribution in [2.24, 2.45) is 11.8 Å². The van der Waals surface area contributed by atoms with Gasteiger partial charge in [0.2, 0.25) is 16.9 Å². The van der Waals surface area contributed by atoms with Gasteiger partial charge in [-0.3, -0.25) is 24.2 Å². The van der Waals surface area contributed by atoms with Gasteiger partial charge in [-0.25, -0.2) is 9.97 Å². The highest BCUT2D eigenvalue weighted by Gasteiger charge is 2.32. The molecule has 2 aromatic heterocycles. The highest BCUT2D eigenvalue weighted by Crippen LogP contribution is 2.39. The third-order valence-electron chi connectivity index (χ3n) is 7.52. The van der Waals surface area contributed by atoms with Crippen LogP contribution < -0.4 is 9.80 Å². The van der Waals surface area contributed by atoms with Crippen LogP contribution in [0.1, 0.15) is 44.1 Å². The lowest BCUT2D eigenvalue weighted by molar-refractivity contribution is -0.140. The number of rotatable bonds is 8. The fraction of sp³-hybridized carbons (Fsp3) is 0.393. The van der Waals surface area contributed by atoms with E-state index >= 15 is 4.39 Å². The number of carbonyl (C=O) groups excluding carboxylic acids is 2. The van der Waals surface area contributed by atoms with E-state index in [0.717, 1.165) is 48.1 Å². The number of carbonyl (C=O) groups is 3. The summed E-state index contributed by atoms with van der Waals surface area (Å²) in [5, 5.41) is 9.05. The molecule has 2 aliphatic rings. The van der Waals surface area contributed by atoms with E-state index in [4.69, 9.17) is 0 Å². The number of amides is 2. The van der Waals surface area contributed by atoms with E-state index in [0.29, 0.717) is 29.3 Å². The zero-order valence-electron chi connectivity index (χ0n) is 21.3. The van der Waals surface area contributed by atoms with Crippen molar-refractivity contribution >= 4 is 40.1 Å². The monoisotopic (exact) mass is 536 g/mol. The van der Waals surface area contributed by atoms with Gasteiger partial charge in [0.25, 0.3) is 0 Å². The van der Waals surface area contributed by atoms with Crippen LogP contribution in [0.15, 0.2) is 36.5 Å². The minimum atomic E-state index is -1.02. The molecular weight excluding hydrogens is 507 g/mol. The maximum Gasteiger partial charge on any atom is 0.304 e. The third kappa shape index (κ3) is 5.05. The lowest BCUT2D eigenvalue weighted by Gasteiger charge is -2.23. The number of thiazole rings is 1. The standard InChI is InChI=1S/C28H29FN4O4S/c1-32-22(34)13-17-12-19(15-30-26(17)32)20-9-5-6-10-21(20)24-25(29)38-28(31-24)33(2)27(37)18(14-23(35)36)11-16-7-3-4-8-16/h5-6,9-10,12,15-16,18H,3-4,7-8,11,13-14H2,1-2H3,(H,35,36). The van der Waals surface area contributed by atoms with Crippen molar-refractivity contribution in [2.75, 3.05) is 23.9 Å². The lowest BCUT2D eigenvalue weighted by Crippen LogP contribution is -2.35. The summed E-state index contributed by atoms with van der Waals surface area (Å²) >= 11 is 0.762. The Kier molecular flexibility index (Phi) is 7.25. The van der Waals surface area contributed by atoms with Crippen molar-refractivity contribution in [3.8, 4) is 22.4 Å². The quantitative estimate of drug-likeness (QED) is 0.426. The van der Waals surface area contributed by atoms with Crippen molar-refractivity contribution in [2.45, 2.75) is 44.9 Å². The number of carboxylic acids is 1. The van der Waals surface area contributed by atoms with Crippen LogP contribution in [0.5, 0.6) is 0 Å². The molecule has 1 unspecified atom stereocenters. The van der Waals surface area contributed by atoms with Crippen LogP contribution in [0.25, 0.3) is 22.4 Å². The average molecular weight is 537 g/mol. The molecule has 3 aromatic rings. The smallest absolute Gasteiger partial charge is 0.304 e. The van der Waals surface area contributed by atoms with Crippen LogP contribution in [0.2, 0.25) is 0 Å². The molecule has 3 heterocycles. The van der Waals surface area contributed by atoms with Crippen LogP contribution in [0.3, 0.4) is 0 Å². The lowest BCUT2D eigenvalue weighted by atomic mass is 9.90. The van der Waals surface area contributed by atoms with Gasteiger partial charge in [-0.1, -0.05) is 61.3 Å². The highest BCUT2D eigenvalue weighted by atomic mass is 32.1. The summed E-state index contributed by atoms with van der Waals surface area (Å²) in [6, 6.07) is 9.12. The molecular formula is C28H29FN4O4S. The Morgan fingerprint density at radius 3 is 2.66 bits per heavy atom. The van der Waals surface area contributed by atoms with E-state index in [1.165, 1.54) is 16.8 Å². The molecule has 38 heavy (non-hydrogen) atoms. The number of carboxylic acid groups (broad SMARTS) is 1. The first kappa shape index (κ1) is 26.0. The molecule has 1 aliphatic carbocycles. The molecule has 1 aromatic carbocycles. The molecule has 0 saturated heterocycles. The minimum absolute atomic E-state index is 0.0324. The van der Waals surface area contributed by atoms with Gasteiger partial charge in [-0.05, 0) is 24.0 Å². The Hall–Kier alpha value is -3.66. The number of benzene rings is 1. The Morgan fingerprint density at radius 2 is 1.95 bits per heavy atom. The Bertz CT molecular complexity index is 1400. The Morgan fingerprint density at radius 1 is 1.24 bits per heavy atom. The van der Waals surface area contributed by atoms with Crippen molar-refractivity contribution in [3.63, 3.8) is 0 Å². The molecule has 10 heteroatoms. The van der Waals surface area contributed by atoms with E-state index in [1.807, 2.05) is 18.2 Å². The number of nitrogens with zero attached hydrogens (tertiary/aromatic N) is 4. The molecule has 0 bridgehead atoms. The van der Waals surface area contributed by atoms with Gasteiger partial charge in [0.1, 0.15) is 11.5 Å². The topological polar surface area (TPSA) is 104 Å². The number of fused-ring (bicyclic) bond motifs is 1. The maximum absolute atomic E-state index is 15.3. The van der Waals surface area contributed by atoms with Gasteiger partial charge >= 0.3 is 5.97 Å². The zero-order chi connectivity index (χ0) is 27.0. The van der Waals surface area contributed by atoms with Crippen LogP contribution >= 0.6 is 11.3 Å². The van der Waals surface area contributed by atoms with Gasteiger partial charge in [0, 0.05) is 42.9 Å². The third-order valence-corrected chi connectivity index (χ3v) is 8.44. The van der Waals surface area contributed by atoms with Crippen molar-refractivity contribution in [3.05, 3.63) is 47.2 Å². The van der Waals surface area contributed by atoms with E-state index in [-0.39, 0.29) is 35.5 Å². The molecule has 1 fully saturated rings. The number of aliphatic carboxylic acids is 1. The van der Waals surface area contributed by atoms with Gasteiger partial charge in [-0.15, -0.1) is 0 Å². The molecule has 2 amide bonds. The number of hydrogen-bond donors (Lipinski definition) is 1. The van der Waals surface area contributed by atoms with E-state index in [9.17, 15) is 19.5 Å². The normalized spacial score (nSPS) is 16.1. The molecule has 8 nitrogen and oxygen atoms in total.